The van der Waals surface area contributed by atoms with E-state index in [0.29, 0.717) is 0 Å². The van der Waals surface area contributed by atoms with Crippen LogP contribution in [0.3, 0.4) is 0 Å². The second-order valence-electron chi connectivity index (χ2n) is 8.49. The molecule has 5 rings (SSSR count). The molecule has 1 unspecified atom stereocenters. The molecule has 0 saturated carbocycles. The minimum Gasteiger partial charge on any atom is -0.348 e. The molecule has 29 heavy (non-hydrogen) atoms. The number of carbonyl (C=O) groups is 1. The van der Waals surface area contributed by atoms with Gasteiger partial charge in [-0.15, -0.1) is 0 Å². The van der Waals surface area contributed by atoms with Gasteiger partial charge in [-0.1, -0.05) is 29.8 Å². The fourth-order valence-corrected chi connectivity index (χ4v) is 5.01. The number of benzene rings is 2. The van der Waals surface area contributed by atoms with Crippen LogP contribution in [-0.2, 0) is 0 Å². The van der Waals surface area contributed by atoms with Crippen molar-refractivity contribution in [3.05, 3.63) is 65.5 Å². The summed E-state index contributed by atoms with van der Waals surface area (Å²) in [5, 5.41) is 1.09. The maximum absolute atomic E-state index is 13.3. The Morgan fingerprint density at radius 1 is 1.03 bits per heavy atom. The van der Waals surface area contributed by atoms with Gasteiger partial charge in [0.05, 0.1) is 11.1 Å². The number of carbonyl (C=O) groups excluding carboxylic acids is 1. The summed E-state index contributed by atoms with van der Waals surface area (Å²) in [6, 6.07) is 14.3. The van der Waals surface area contributed by atoms with Gasteiger partial charge >= 0.3 is 0 Å². The molecule has 2 aromatic carbocycles. The number of likely N-dealkylation sites (tertiary alicyclic amines) is 1. The van der Waals surface area contributed by atoms with Crippen LogP contribution in [-0.4, -0.2) is 45.9 Å². The third kappa shape index (κ3) is 2.96. The van der Waals surface area contributed by atoms with Crippen LogP contribution in [0.5, 0.6) is 0 Å². The molecule has 2 fully saturated rings. The number of aromatic nitrogens is 2. The van der Waals surface area contributed by atoms with E-state index >= 15 is 0 Å². The molecule has 3 aromatic rings. The Labute approximate surface area is 171 Å². The maximum atomic E-state index is 13.3. The Kier molecular flexibility index (Phi) is 4.26. The largest absolute Gasteiger partial charge is 0.348 e. The Morgan fingerprint density at radius 3 is 2.69 bits per heavy atom. The SMILES string of the molecule is Cc1ccc(C(=O)N2CCCC3(CCN3c3ncnc4ccccc34)C2)c(C)c1. The van der Waals surface area contributed by atoms with Gasteiger partial charge < -0.3 is 9.80 Å². The van der Waals surface area contributed by atoms with Crippen LogP contribution in [0.1, 0.15) is 40.7 Å². The molecule has 0 radical (unpaired) electrons. The van der Waals surface area contributed by atoms with E-state index in [-0.39, 0.29) is 11.4 Å². The minimum absolute atomic E-state index is 0.0103. The Bertz CT molecular complexity index is 1090. The topological polar surface area (TPSA) is 49.3 Å². The molecule has 1 atom stereocenters. The van der Waals surface area contributed by atoms with E-state index in [9.17, 15) is 4.79 Å². The van der Waals surface area contributed by atoms with E-state index < -0.39 is 0 Å². The monoisotopic (exact) mass is 386 g/mol. The summed E-state index contributed by atoms with van der Waals surface area (Å²) < 4.78 is 0. The highest BCUT2D eigenvalue weighted by Crippen LogP contribution is 2.43. The molecule has 148 valence electrons. The highest BCUT2D eigenvalue weighted by atomic mass is 16.2. The number of piperidine rings is 1. The first kappa shape index (κ1) is 18.1. The zero-order chi connectivity index (χ0) is 20.0. The zero-order valence-corrected chi connectivity index (χ0v) is 17.1. The Balaban J connectivity index is 1.44. The van der Waals surface area contributed by atoms with Gasteiger partial charge in [0.15, 0.2) is 0 Å². The van der Waals surface area contributed by atoms with Crippen molar-refractivity contribution in [2.75, 3.05) is 24.5 Å². The van der Waals surface area contributed by atoms with E-state index in [1.54, 1.807) is 6.33 Å². The van der Waals surface area contributed by atoms with Gasteiger partial charge in [-0.25, -0.2) is 9.97 Å². The van der Waals surface area contributed by atoms with Crippen molar-refractivity contribution in [1.82, 2.24) is 14.9 Å². The average Bonchev–Trinajstić information content (AvgIpc) is 2.73. The van der Waals surface area contributed by atoms with Crippen molar-refractivity contribution >= 4 is 22.6 Å². The van der Waals surface area contributed by atoms with E-state index in [2.05, 4.69) is 38.8 Å². The molecular formula is C24H26N4O. The maximum Gasteiger partial charge on any atom is 0.254 e. The first-order valence-corrected chi connectivity index (χ1v) is 10.4. The summed E-state index contributed by atoms with van der Waals surface area (Å²) in [5.41, 5.74) is 4.03. The van der Waals surface area contributed by atoms with E-state index in [0.717, 1.165) is 66.7 Å². The average molecular weight is 386 g/mol. The fourth-order valence-electron chi connectivity index (χ4n) is 5.01. The zero-order valence-electron chi connectivity index (χ0n) is 17.1. The van der Waals surface area contributed by atoms with Crippen molar-refractivity contribution in [2.45, 2.75) is 38.6 Å². The molecule has 1 spiro atoms. The predicted octanol–water partition coefficient (Wildman–Crippen LogP) is 4.13. The van der Waals surface area contributed by atoms with E-state index in [1.165, 1.54) is 5.56 Å². The Morgan fingerprint density at radius 2 is 1.90 bits per heavy atom. The van der Waals surface area contributed by atoms with Crippen LogP contribution >= 0.6 is 0 Å². The van der Waals surface area contributed by atoms with Gasteiger partial charge in [-0.05, 0) is 56.9 Å². The highest BCUT2D eigenvalue weighted by Gasteiger charge is 2.49. The van der Waals surface area contributed by atoms with E-state index in [4.69, 9.17) is 0 Å². The van der Waals surface area contributed by atoms with Gasteiger partial charge in [0.25, 0.3) is 5.91 Å². The lowest BCUT2D eigenvalue weighted by Crippen LogP contribution is -2.68. The first-order chi connectivity index (χ1) is 14.1. The molecule has 0 N–H and O–H groups in total. The third-order valence-corrected chi connectivity index (χ3v) is 6.61. The third-order valence-electron chi connectivity index (χ3n) is 6.61. The summed E-state index contributed by atoms with van der Waals surface area (Å²) in [4.78, 5) is 26.8. The molecule has 0 aliphatic carbocycles. The summed E-state index contributed by atoms with van der Waals surface area (Å²) in [6.07, 6.45) is 4.88. The van der Waals surface area contributed by atoms with Gasteiger partial charge in [0.1, 0.15) is 12.1 Å². The van der Waals surface area contributed by atoms with Crippen LogP contribution in [0.15, 0.2) is 48.8 Å². The van der Waals surface area contributed by atoms with Gasteiger partial charge in [0.2, 0.25) is 0 Å². The summed E-state index contributed by atoms with van der Waals surface area (Å²) >= 11 is 0. The molecule has 5 heteroatoms. The van der Waals surface area contributed by atoms with Crippen molar-refractivity contribution in [1.29, 1.82) is 0 Å². The number of anilines is 1. The van der Waals surface area contributed by atoms with Gasteiger partial charge in [-0.2, -0.15) is 0 Å². The molecular weight excluding hydrogens is 360 g/mol. The van der Waals surface area contributed by atoms with E-state index in [1.807, 2.05) is 37.3 Å². The lowest BCUT2D eigenvalue weighted by molar-refractivity contribution is 0.0561. The Hall–Kier alpha value is -2.95. The number of amides is 1. The standard InChI is InChI=1S/C24H26N4O/c1-17-8-9-19(18(2)14-17)23(29)27-12-5-10-24(15-27)11-13-28(24)22-20-6-3-4-7-21(20)25-16-26-22/h3-4,6-9,14,16H,5,10-13,15H2,1-2H3. The first-order valence-electron chi connectivity index (χ1n) is 10.4. The lowest BCUT2D eigenvalue weighted by atomic mass is 9.77. The number of fused-ring (bicyclic) bond motifs is 1. The second-order valence-corrected chi connectivity index (χ2v) is 8.49. The molecule has 1 amide bonds. The molecule has 3 heterocycles. The number of para-hydroxylation sites is 1. The number of rotatable bonds is 2. The van der Waals surface area contributed by atoms with Crippen molar-refractivity contribution in [3.8, 4) is 0 Å². The number of aryl methyl sites for hydroxylation is 2. The number of hydrogen-bond donors (Lipinski definition) is 0. The highest BCUT2D eigenvalue weighted by molar-refractivity contribution is 5.96. The molecule has 0 bridgehead atoms. The molecule has 5 nitrogen and oxygen atoms in total. The summed E-state index contributed by atoms with van der Waals surface area (Å²) in [7, 11) is 0. The molecule has 2 saturated heterocycles. The second kappa shape index (κ2) is 6.83. The summed E-state index contributed by atoms with van der Waals surface area (Å²) in [6.45, 7) is 6.66. The van der Waals surface area contributed by atoms with Crippen LogP contribution in [0, 0.1) is 13.8 Å². The number of hydrogen-bond acceptors (Lipinski definition) is 4. The molecule has 2 aliphatic rings. The van der Waals surface area contributed by atoms with Crippen molar-refractivity contribution < 1.29 is 4.79 Å². The van der Waals surface area contributed by atoms with Crippen LogP contribution < -0.4 is 4.90 Å². The van der Waals surface area contributed by atoms with Crippen molar-refractivity contribution in [3.63, 3.8) is 0 Å². The minimum atomic E-state index is -0.0103. The van der Waals surface area contributed by atoms with Crippen LogP contribution in [0.4, 0.5) is 5.82 Å². The fraction of sp³-hybridized carbons (Fsp3) is 0.375. The smallest absolute Gasteiger partial charge is 0.254 e. The summed E-state index contributed by atoms with van der Waals surface area (Å²) in [5.74, 6) is 1.16. The predicted molar refractivity (Wildman–Crippen MR) is 115 cm³/mol. The van der Waals surface area contributed by atoms with Crippen molar-refractivity contribution in [2.24, 2.45) is 0 Å². The van der Waals surface area contributed by atoms with Crippen LogP contribution in [0.2, 0.25) is 0 Å². The number of nitrogens with zero attached hydrogens (tertiary/aromatic N) is 4. The van der Waals surface area contributed by atoms with Gasteiger partial charge in [-0.3, -0.25) is 4.79 Å². The normalized spacial score (nSPS) is 21.4. The lowest BCUT2D eigenvalue weighted by Gasteiger charge is -2.57. The molecule has 2 aliphatic heterocycles. The van der Waals surface area contributed by atoms with Crippen LogP contribution in [0.25, 0.3) is 10.9 Å². The quantitative estimate of drug-likeness (QED) is 0.664. The van der Waals surface area contributed by atoms with Gasteiger partial charge in [0, 0.05) is 30.6 Å². The molecule has 1 aromatic heterocycles.